The molecule has 1 rings (SSSR count). The maximum Gasteiger partial charge on any atom is 0.255 e. The van der Waals surface area contributed by atoms with Gasteiger partial charge in [0.2, 0.25) is 0 Å². The van der Waals surface area contributed by atoms with Crippen molar-refractivity contribution < 1.29 is 14.3 Å². The van der Waals surface area contributed by atoms with Crippen molar-refractivity contribution in [1.82, 2.24) is 5.32 Å². The number of amides is 1. The van der Waals surface area contributed by atoms with E-state index in [1.807, 2.05) is 13.8 Å². The molecule has 0 fully saturated rings. The largest absolute Gasteiger partial charge is 0.497 e. The van der Waals surface area contributed by atoms with Crippen molar-refractivity contribution >= 4 is 18.3 Å². The molecule has 1 amide bonds. The van der Waals surface area contributed by atoms with E-state index in [1.165, 1.54) is 7.11 Å². The number of hydrogen-bond acceptors (Lipinski definition) is 4. The lowest BCUT2D eigenvalue weighted by Crippen LogP contribution is -2.45. The summed E-state index contributed by atoms with van der Waals surface area (Å²) in [5.74, 6) is 0.875. The topological polar surface area (TPSA) is 73.6 Å². The Morgan fingerprint density at radius 2 is 1.95 bits per heavy atom. The Morgan fingerprint density at radius 1 is 1.32 bits per heavy atom. The standard InChI is InChI=1S/C13H20N2O3.ClH/c1-13(2,14)8-15-12(16)10-7-9(17-3)5-6-11(10)18-4;/h5-7H,8,14H2,1-4H3,(H,15,16);1H. The summed E-state index contributed by atoms with van der Waals surface area (Å²) >= 11 is 0. The number of halogens is 1. The van der Waals surface area contributed by atoms with Gasteiger partial charge in [0, 0.05) is 12.1 Å². The first-order valence-electron chi connectivity index (χ1n) is 5.66. The van der Waals surface area contributed by atoms with Crippen molar-refractivity contribution in [3.8, 4) is 11.5 Å². The number of hydrogen-bond donors (Lipinski definition) is 2. The minimum absolute atomic E-state index is 0. The van der Waals surface area contributed by atoms with Crippen LogP contribution in [0.25, 0.3) is 0 Å². The lowest BCUT2D eigenvalue weighted by Gasteiger charge is -2.19. The quantitative estimate of drug-likeness (QED) is 0.863. The van der Waals surface area contributed by atoms with Crippen LogP contribution in [0, 0.1) is 0 Å². The van der Waals surface area contributed by atoms with Gasteiger partial charge in [0.15, 0.2) is 0 Å². The number of nitrogens with two attached hydrogens (primary N) is 1. The fourth-order valence-corrected chi connectivity index (χ4v) is 1.39. The normalized spacial score (nSPS) is 10.4. The fraction of sp³-hybridized carbons (Fsp3) is 0.462. The van der Waals surface area contributed by atoms with Crippen LogP contribution in [-0.2, 0) is 0 Å². The first-order valence-corrected chi connectivity index (χ1v) is 5.66. The predicted octanol–water partition coefficient (Wildman–Crippen LogP) is 1.59. The van der Waals surface area contributed by atoms with Crippen LogP contribution in [0.1, 0.15) is 24.2 Å². The summed E-state index contributed by atoms with van der Waals surface area (Å²) in [7, 11) is 3.07. The molecule has 3 N–H and O–H groups in total. The van der Waals surface area contributed by atoms with E-state index in [1.54, 1.807) is 25.3 Å². The van der Waals surface area contributed by atoms with Crippen LogP contribution in [0.15, 0.2) is 18.2 Å². The molecule has 0 aliphatic heterocycles. The van der Waals surface area contributed by atoms with Gasteiger partial charge in [0.05, 0.1) is 19.8 Å². The molecule has 6 heteroatoms. The molecule has 5 nitrogen and oxygen atoms in total. The summed E-state index contributed by atoms with van der Waals surface area (Å²) in [5, 5.41) is 2.77. The van der Waals surface area contributed by atoms with Crippen molar-refractivity contribution in [2.75, 3.05) is 20.8 Å². The summed E-state index contributed by atoms with van der Waals surface area (Å²) in [4.78, 5) is 12.0. The molecule has 0 saturated heterocycles. The number of rotatable bonds is 5. The van der Waals surface area contributed by atoms with Gasteiger partial charge in [-0.1, -0.05) is 0 Å². The maximum atomic E-state index is 12.0. The van der Waals surface area contributed by atoms with Gasteiger partial charge >= 0.3 is 0 Å². The minimum Gasteiger partial charge on any atom is -0.497 e. The van der Waals surface area contributed by atoms with Crippen LogP contribution >= 0.6 is 12.4 Å². The highest BCUT2D eigenvalue weighted by Gasteiger charge is 2.17. The minimum atomic E-state index is -0.457. The zero-order chi connectivity index (χ0) is 13.8. The van der Waals surface area contributed by atoms with Crippen LogP contribution < -0.4 is 20.5 Å². The molecule has 0 radical (unpaired) electrons. The Morgan fingerprint density at radius 3 is 2.42 bits per heavy atom. The summed E-state index contributed by atoms with van der Waals surface area (Å²) in [6, 6.07) is 5.07. The van der Waals surface area contributed by atoms with Gasteiger partial charge in [0.1, 0.15) is 11.5 Å². The number of methoxy groups -OCH3 is 2. The van der Waals surface area contributed by atoms with Crippen LogP contribution in [0.2, 0.25) is 0 Å². The van der Waals surface area contributed by atoms with Crippen molar-refractivity contribution in [2.45, 2.75) is 19.4 Å². The molecule has 108 valence electrons. The highest BCUT2D eigenvalue weighted by atomic mass is 35.5. The number of nitrogens with one attached hydrogen (secondary N) is 1. The smallest absolute Gasteiger partial charge is 0.255 e. The average molecular weight is 289 g/mol. The Hall–Kier alpha value is -1.46. The number of carbonyl (C=O) groups excluding carboxylic acids is 1. The summed E-state index contributed by atoms with van der Waals surface area (Å²) in [6.07, 6.45) is 0. The fourth-order valence-electron chi connectivity index (χ4n) is 1.39. The molecule has 0 spiro atoms. The van der Waals surface area contributed by atoms with E-state index in [9.17, 15) is 4.79 Å². The maximum absolute atomic E-state index is 12.0. The third-order valence-corrected chi connectivity index (χ3v) is 2.36. The van der Waals surface area contributed by atoms with Crippen molar-refractivity contribution in [3.63, 3.8) is 0 Å². The second-order valence-electron chi connectivity index (χ2n) is 4.74. The number of benzene rings is 1. The van der Waals surface area contributed by atoms with E-state index in [4.69, 9.17) is 15.2 Å². The highest BCUT2D eigenvalue weighted by molar-refractivity contribution is 5.97. The number of carbonyl (C=O) groups is 1. The molecule has 19 heavy (non-hydrogen) atoms. The monoisotopic (exact) mass is 288 g/mol. The van der Waals surface area contributed by atoms with Crippen molar-refractivity contribution in [3.05, 3.63) is 23.8 Å². The Balaban J connectivity index is 0.00000324. The molecule has 0 aliphatic rings. The van der Waals surface area contributed by atoms with E-state index in [2.05, 4.69) is 5.32 Å². The Labute approximate surface area is 119 Å². The van der Waals surface area contributed by atoms with Gasteiger partial charge in [0.25, 0.3) is 5.91 Å². The van der Waals surface area contributed by atoms with Gasteiger partial charge in [-0.05, 0) is 32.0 Å². The average Bonchev–Trinajstić information content (AvgIpc) is 2.34. The zero-order valence-corrected chi connectivity index (χ0v) is 12.5. The Kier molecular flexibility index (Phi) is 6.65. The molecule has 0 bridgehead atoms. The van der Waals surface area contributed by atoms with Gasteiger partial charge < -0.3 is 20.5 Å². The molecule has 0 heterocycles. The van der Waals surface area contributed by atoms with Crippen LogP contribution in [0.4, 0.5) is 0 Å². The van der Waals surface area contributed by atoms with E-state index >= 15 is 0 Å². The molecule has 0 atom stereocenters. The molecule has 0 aromatic heterocycles. The van der Waals surface area contributed by atoms with Crippen LogP contribution in [-0.4, -0.2) is 32.2 Å². The first-order chi connectivity index (χ1) is 8.37. The molecule has 0 saturated carbocycles. The van der Waals surface area contributed by atoms with Crippen molar-refractivity contribution in [2.24, 2.45) is 5.73 Å². The van der Waals surface area contributed by atoms with E-state index in [-0.39, 0.29) is 18.3 Å². The van der Waals surface area contributed by atoms with Gasteiger partial charge in [-0.2, -0.15) is 0 Å². The van der Waals surface area contributed by atoms with Gasteiger partial charge in [-0.15, -0.1) is 12.4 Å². The van der Waals surface area contributed by atoms with Crippen LogP contribution in [0.3, 0.4) is 0 Å². The molecule has 1 aromatic rings. The molecular weight excluding hydrogens is 268 g/mol. The number of ether oxygens (including phenoxy) is 2. The van der Waals surface area contributed by atoms with Crippen LogP contribution in [0.5, 0.6) is 11.5 Å². The van der Waals surface area contributed by atoms with E-state index < -0.39 is 5.54 Å². The van der Waals surface area contributed by atoms with Crippen molar-refractivity contribution in [1.29, 1.82) is 0 Å². The highest BCUT2D eigenvalue weighted by Crippen LogP contribution is 2.23. The third-order valence-electron chi connectivity index (χ3n) is 2.36. The predicted molar refractivity (Wildman–Crippen MR) is 77.4 cm³/mol. The SMILES string of the molecule is COc1ccc(OC)c(C(=O)NCC(C)(C)N)c1.Cl. The molecular formula is C13H21ClN2O3. The molecule has 1 aromatic carbocycles. The van der Waals surface area contributed by atoms with Gasteiger partial charge in [-0.25, -0.2) is 0 Å². The molecule has 0 aliphatic carbocycles. The zero-order valence-electron chi connectivity index (χ0n) is 11.6. The molecule has 0 unspecified atom stereocenters. The summed E-state index contributed by atoms with van der Waals surface area (Å²) in [5.41, 5.74) is 5.79. The third kappa shape index (κ3) is 5.36. The summed E-state index contributed by atoms with van der Waals surface area (Å²) in [6.45, 7) is 4.07. The van der Waals surface area contributed by atoms with E-state index in [0.717, 1.165) is 0 Å². The lowest BCUT2D eigenvalue weighted by atomic mass is 10.1. The Bertz CT molecular complexity index is 430. The van der Waals surface area contributed by atoms with Gasteiger partial charge in [-0.3, -0.25) is 4.79 Å². The lowest BCUT2D eigenvalue weighted by molar-refractivity contribution is 0.0942. The second kappa shape index (κ2) is 7.21. The van der Waals surface area contributed by atoms with E-state index in [0.29, 0.717) is 23.6 Å². The second-order valence-corrected chi connectivity index (χ2v) is 4.74. The summed E-state index contributed by atoms with van der Waals surface area (Å²) < 4.78 is 10.2. The first kappa shape index (κ1) is 17.5.